The number of halogens is 1. The number of guanidine groups is 1. The molecule has 1 aromatic carbocycles. The zero-order chi connectivity index (χ0) is 17.2. The van der Waals surface area contributed by atoms with Gasteiger partial charge in [0.25, 0.3) is 0 Å². The molecule has 2 N–H and O–H groups in total. The van der Waals surface area contributed by atoms with Crippen LogP contribution in [0.1, 0.15) is 51.2 Å². The van der Waals surface area contributed by atoms with Crippen molar-refractivity contribution in [3.8, 4) is 0 Å². The van der Waals surface area contributed by atoms with Gasteiger partial charge in [0.05, 0.1) is 24.8 Å². The van der Waals surface area contributed by atoms with Crippen molar-refractivity contribution in [2.45, 2.75) is 70.6 Å². The minimum absolute atomic E-state index is 0. The Morgan fingerprint density at radius 3 is 2.52 bits per heavy atom. The van der Waals surface area contributed by atoms with Crippen LogP contribution in [-0.2, 0) is 10.2 Å². The highest BCUT2D eigenvalue weighted by Gasteiger charge is 2.41. The van der Waals surface area contributed by atoms with Crippen LogP contribution in [0.3, 0.4) is 0 Å². The van der Waals surface area contributed by atoms with E-state index in [9.17, 15) is 0 Å². The van der Waals surface area contributed by atoms with Gasteiger partial charge in [-0.25, -0.2) is 0 Å². The van der Waals surface area contributed by atoms with Gasteiger partial charge >= 0.3 is 0 Å². The van der Waals surface area contributed by atoms with Crippen LogP contribution in [0.4, 0.5) is 0 Å². The Morgan fingerprint density at radius 2 is 1.96 bits per heavy atom. The Morgan fingerprint density at radius 1 is 1.24 bits per heavy atom. The van der Waals surface area contributed by atoms with Gasteiger partial charge in [0, 0.05) is 12.0 Å². The van der Waals surface area contributed by atoms with Crippen LogP contribution in [-0.4, -0.2) is 37.3 Å². The van der Waals surface area contributed by atoms with Gasteiger partial charge < -0.3 is 15.4 Å². The monoisotopic (exact) mass is 457 g/mol. The number of rotatable bonds is 5. The van der Waals surface area contributed by atoms with E-state index in [2.05, 4.69) is 62.6 Å². The van der Waals surface area contributed by atoms with E-state index in [4.69, 9.17) is 9.73 Å². The third-order valence-corrected chi connectivity index (χ3v) is 5.24. The number of fused-ring (bicyclic) bond motifs is 2. The van der Waals surface area contributed by atoms with Gasteiger partial charge in [-0.2, -0.15) is 0 Å². The minimum Gasteiger partial charge on any atom is -0.373 e. The predicted molar refractivity (Wildman–Crippen MR) is 115 cm³/mol. The second-order valence-electron chi connectivity index (χ2n) is 7.81. The molecule has 0 amide bonds. The van der Waals surface area contributed by atoms with Crippen molar-refractivity contribution in [3.05, 3.63) is 35.4 Å². The van der Waals surface area contributed by atoms with Crippen molar-refractivity contribution >= 4 is 29.9 Å². The Kier molecular flexibility index (Phi) is 7.14. The lowest BCUT2D eigenvalue weighted by molar-refractivity contribution is 0.0992. The second kappa shape index (κ2) is 8.71. The molecule has 3 unspecified atom stereocenters. The van der Waals surface area contributed by atoms with E-state index in [0.29, 0.717) is 18.2 Å². The summed E-state index contributed by atoms with van der Waals surface area (Å²) in [6.07, 6.45) is 4.33. The second-order valence-corrected chi connectivity index (χ2v) is 7.81. The van der Waals surface area contributed by atoms with Crippen molar-refractivity contribution in [2.24, 2.45) is 4.99 Å². The van der Waals surface area contributed by atoms with Gasteiger partial charge in [-0.1, -0.05) is 43.7 Å². The fourth-order valence-corrected chi connectivity index (χ4v) is 3.66. The maximum absolute atomic E-state index is 5.94. The van der Waals surface area contributed by atoms with Crippen LogP contribution in [0.2, 0.25) is 0 Å². The maximum Gasteiger partial charge on any atom is 0.191 e. The normalized spacial score (nSPS) is 25.6. The van der Waals surface area contributed by atoms with E-state index >= 15 is 0 Å². The summed E-state index contributed by atoms with van der Waals surface area (Å²) in [7, 11) is 0. The molecule has 2 saturated heterocycles. The van der Waals surface area contributed by atoms with Gasteiger partial charge in [0.15, 0.2) is 5.96 Å². The fraction of sp³-hybridized carbons (Fsp3) is 0.650. The summed E-state index contributed by atoms with van der Waals surface area (Å²) >= 11 is 0. The summed E-state index contributed by atoms with van der Waals surface area (Å²) in [5.41, 5.74) is 2.64. The Balaban J connectivity index is 0.00000225. The molecule has 0 aliphatic carbocycles. The van der Waals surface area contributed by atoms with Crippen molar-refractivity contribution in [2.75, 3.05) is 13.1 Å². The Bertz CT molecular complexity index is 585. The lowest BCUT2D eigenvalue weighted by Gasteiger charge is -2.26. The van der Waals surface area contributed by atoms with E-state index in [1.807, 2.05) is 0 Å². The molecule has 0 spiro atoms. The van der Waals surface area contributed by atoms with E-state index in [0.717, 1.165) is 25.5 Å². The van der Waals surface area contributed by atoms with Crippen LogP contribution in [0.25, 0.3) is 0 Å². The summed E-state index contributed by atoms with van der Waals surface area (Å²) in [5.74, 6) is 0.916. The summed E-state index contributed by atoms with van der Waals surface area (Å²) in [5, 5.41) is 6.98. The van der Waals surface area contributed by atoms with Gasteiger partial charge in [-0.05, 0) is 38.7 Å². The molecular weight excluding hydrogens is 425 g/mol. The molecule has 0 aromatic heterocycles. The highest BCUT2D eigenvalue weighted by atomic mass is 127. The first kappa shape index (κ1) is 20.5. The maximum atomic E-state index is 5.94. The van der Waals surface area contributed by atoms with Crippen LogP contribution < -0.4 is 10.6 Å². The number of nitrogens with one attached hydrogen (secondary N) is 2. The van der Waals surface area contributed by atoms with Gasteiger partial charge in [-0.3, -0.25) is 4.99 Å². The highest BCUT2D eigenvalue weighted by molar-refractivity contribution is 14.0. The van der Waals surface area contributed by atoms with Crippen LogP contribution in [0, 0.1) is 6.92 Å². The minimum atomic E-state index is 0. The van der Waals surface area contributed by atoms with Gasteiger partial charge in [0.2, 0.25) is 0 Å². The Hall–Kier alpha value is -0.820. The molecule has 0 saturated carbocycles. The molecule has 2 heterocycles. The lowest BCUT2D eigenvalue weighted by Crippen LogP contribution is -2.47. The van der Waals surface area contributed by atoms with Gasteiger partial charge in [0.1, 0.15) is 0 Å². The molecule has 1 aromatic rings. The lowest BCUT2D eigenvalue weighted by atomic mass is 9.84. The number of aryl methyl sites for hydroxylation is 1. The largest absolute Gasteiger partial charge is 0.373 e. The smallest absolute Gasteiger partial charge is 0.191 e. The number of hydrogen-bond acceptors (Lipinski definition) is 2. The van der Waals surface area contributed by atoms with E-state index in [1.165, 1.54) is 24.0 Å². The molecule has 2 fully saturated rings. The fourth-order valence-electron chi connectivity index (χ4n) is 3.66. The zero-order valence-corrected chi connectivity index (χ0v) is 18.2. The molecule has 0 radical (unpaired) electrons. The SMILES string of the molecule is CCNC(=NCC(C)(C)c1ccc(C)cc1)NC1CC2CCC1O2.I. The Labute approximate surface area is 169 Å². The molecule has 3 rings (SSSR count). The average molecular weight is 457 g/mol. The first-order valence-corrected chi connectivity index (χ1v) is 9.25. The number of nitrogens with zero attached hydrogens (tertiary/aromatic N) is 1. The molecule has 5 heteroatoms. The van der Waals surface area contributed by atoms with Crippen molar-refractivity contribution in [1.29, 1.82) is 0 Å². The average Bonchev–Trinajstić information content (AvgIpc) is 3.16. The quantitative estimate of drug-likeness (QED) is 0.402. The summed E-state index contributed by atoms with van der Waals surface area (Å²) in [6.45, 7) is 10.4. The third-order valence-electron chi connectivity index (χ3n) is 5.24. The van der Waals surface area contributed by atoms with Crippen LogP contribution in [0.5, 0.6) is 0 Å². The molecule has 2 aliphatic heterocycles. The molecule has 25 heavy (non-hydrogen) atoms. The number of hydrogen-bond donors (Lipinski definition) is 2. The highest BCUT2D eigenvalue weighted by Crippen LogP contribution is 2.34. The predicted octanol–water partition coefficient (Wildman–Crippen LogP) is 3.77. The third kappa shape index (κ3) is 5.09. The van der Waals surface area contributed by atoms with E-state index in [1.54, 1.807) is 0 Å². The topological polar surface area (TPSA) is 45.7 Å². The molecule has 4 nitrogen and oxygen atoms in total. The van der Waals surface area contributed by atoms with E-state index < -0.39 is 0 Å². The summed E-state index contributed by atoms with van der Waals surface area (Å²) in [4.78, 5) is 4.87. The molecule has 3 atom stereocenters. The number of benzene rings is 1. The van der Waals surface area contributed by atoms with Gasteiger partial charge in [-0.15, -0.1) is 24.0 Å². The molecular formula is C20H32IN3O. The van der Waals surface area contributed by atoms with Crippen molar-refractivity contribution < 1.29 is 4.74 Å². The first-order chi connectivity index (χ1) is 11.5. The number of ether oxygens (including phenoxy) is 1. The number of aliphatic imine (C=N–C) groups is 1. The van der Waals surface area contributed by atoms with E-state index in [-0.39, 0.29) is 29.4 Å². The molecule has 2 aliphatic rings. The molecule has 2 bridgehead atoms. The summed E-state index contributed by atoms with van der Waals surface area (Å²) < 4.78 is 5.94. The summed E-state index contributed by atoms with van der Waals surface area (Å²) in [6, 6.07) is 9.20. The van der Waals surface area contributed by atoms with Crippen LogP contribution >= 0.6 is 24.0 Å². The van der Waals surface area contributed by atoms with Crippen LogP contribution in [0.15, 0.2) is 29.3 Å². The molecule has 140 valence electrons. The standard InChI is InChI=1S/C20H31N3O.HI/c1-5-21-19(23-17-12-16-10-11-18(17)24-16)22-13-20(3,4)15-8-6-14(2)7-9-15;/h6-9,16-18H,5,10-13H2,1-4H3,(H2,21,22,23);1H. The van der Waals surface area contributed by atoms with Crippen molar-refractivity contribution in [1.82, 2.24) is 10.6 Å². The zero-order valence-electron chi connectivity index (χ0n) is 15.8. The first-order valence-electron chi connectivity index (χ1n) is 9.25. The van der Waals surface area contributed by atoms with Crippen molar-refractivity contribution in [3.63, 3.8) is 0 Å².